The number of hydrogen-bond donors (Lipinski definition) is 0. The third-order valence-corrected chi connectivity index (χ3v) is 3.72. The number of benzene rings is 2. The molecule has 0 unspecified atom stereocenters. The molecule has 0 saturated carbocycles. The van der Waals surface area contributed by atoms with E-state index in [1.54, 1.807) is 0 Å². The van der Waals surface area contributed by atoms with Crippen molar-refractivity contribution in [2.24, 2.45) is 0 Å². The number of aryl methyl sites for hydroxylation is 2. The molecule has 2 aromatic carbocycles. The zero-order chi connectivity index (χ0) is 14.8. The van der Waals surface area contributed by atoms with Crippen LogP contribution in [0.25, 0.3) is 16.7 Å². The molecule has 3 nitrogen and oxygen atoms in total. The van der Waals surface area contributed by atoms with Crippen molar-refractivity contribution in [3.8, 4) is 11.8 Å². The first-order valence-corrected chi connectivity index (χ1v) is 7.31. The highest BCUT2D eigenvalue weighted by Crippen LogP contribution is 2.25. The minimum absolute atomic E-state index is 0.514. The molecule has 1 heterocycles. The van der Waals surface area contributed by atoms with E-state index in [4.69, 9.17) is 16.9 Å². The predicted molar refractivity (Wildman–Crippen MR) is 84.9 cm³/mol. The summed E-state index contributed by atoms with van der Waals surface area (Å²) in [6.45, 7) is 2.04. The molecular formula is C17H14ClN3. The van der Waals surface area contributed by atoms with Crippen LogP contribution in [0.4, 0.5) is 0 Å². The predicted octanol–water partition coefficient (Wildman–Crippen LogP) is 3.99. The Hall–Kier alpha value is -2.31. The molecule has 0 atom stereocenters. The van der Waals surface area contributed by atoms with Gasteiger partial charge < -0.3 is 0 Å². The Bertz CT molecular complexity index is 843. The van der Waals surface area contributed by atoms with E-state index in [1.165, 1.54) is 0 Å². The molecule has 0 aliphatic rings. The van der Waals surface area contributed by atoms with Crippen LogP contribution in [0, 0.1) is 18.3 Å². The number of alkyl halides is 1. The van der Waals surface area contributed by atoms with Crippen molar-refractivity contribution in [1.29, 1.82) is 5.26 Å². The SMILES string of the molecule is Cc1ccc(C#N)cc1-n1c(CCCl)nc2ccccc21. The van der Waals surface area contributed by atoms with Crippen molar-refractivity contribution in [3.63, 3.8) is 0 Å². The van der Waals surface area contributed by atoms with Gasteiger partial charge in [0.2, 0.25) is 0 Å². The fourth-order valence-electron chi connectivity index (χ4n) is 2.52. The maximum Gasteiger partial charge on any atom is 0.115 e. The molecule has 0 N–H and O–H groups in total. The minimum Gasteiger partial charge on any atom is -0.296 e. The number of halogens is 1. The van der Waals surface area contributed by atoms with Crippen LogP contribution in [0.2, 0.25) is 0 Å². The topological polar surface area (TPSA) is 41.6 Å². The lowest BCUT2D eigenvalue weighted by molar-refractivity contribution is 0.906. The maximum atomic E-state index is 9.14. The van der Waals surface area contributed by atoms with E-state index in [9.17, 15) is 0 Å². The van der Waals surface area contributed by atoms with Gasteiger partial charge in [0, 0.05) is 12.3 Å². The molecule has 0 aliphatic heterocycles. The van der Waals surface area contributed by atoms with Gasteiger partial charge in [0.05, 0.1) is 28.4 Å². The zero-order valence-corrected chi connectivity index (χ0v) is 12.4. The molecule has 3 aromatic rings. The second kappa shape index (κ2) is 5.59. The molecule has 0 spiro atoms. The van der Waals surface area contributed by atoms with Crippen LogP contribution < -0.4 is 0 Å². The second-order valence-electron chi connectivity index (χ2n) is 4.90. The number of para-hydroxylation sites is 2. The average molecular weight is 296 g/mol. The van der Waals surface area contributed by atoms with Gasteiger partial charge in [0.1, 0.15) is 5.82 Å². The molecule has 0 aliphatic carbocycles. The molecule has 0 saturated heterocycles. The molecule has 0 bridgehead atoms. The van der Waals surface area contributed by atoms with E-state index >= 15 is 0 Å². The van der Waals surface area contributed by atoms with Crippen molar-refractivity contribution in [1.82, 2.24) is 9.55 Å². The Kier molecular flexibility index (Phi) is 3.64. The lowest BCUT2D eigenvalue weighted by atomic mass is 10.1. The monoisotopic (exact) mass is 295 g/mol. The Morgan fingerprint density at radius 1 is 1.24 bits per heavy atom. The largest absolute Gasteiger partial charge is 0.296 e. The van der Waals surface area contributed by atoms with Crippen LogP contribution in [0.3, 0.4) is 0 Å². The van der Waals surface area contributed by atoms with E-state index in [-0.39, 0.29) is 0 Å². The first-order valence-electron chi connectivity index (χ1n) is 6.78. The summed E-state index contributed by atoms with van der Waals surface area (Å²) in [5, 5.41) is 9.14. The normalized spacial score (nSPS) is 10.7. The molecule has 3 rings (SSSR count). The molecule has 21 heavy (non-hydrogen) atoms. The van der Waals surface area contributed by atoms with Crippen molar-refractivity contribution >= 4 is 22.6 Å². The highest BCUT2D eigenvalue weighted by molar-refractivity contribution is 6.17. The van der Waals surface area contributed by atoms with Gasteiger partial charge >= 0.3 is 0 Å². The third-order valence-electron chi connectivity index (χ3n) is 3.53. The van der Waals surface area contributed by atoms with Crippen molar-refractivity contribution in [2.45, 2.75) is 13.3 Å². The Labute approximate surface area is 128 Å². The number of fused-ring (bicyclic) bond motifs is 1. The van der Waals surface area contributed by atoms with Crippen molar-refractivity contribution in [2.75, 3.05) is 5.88 Å². The Morgan fingerprint density at radius 2 is 2.05 bits per heavy atom. The number of nitriles is 1. The number of aromatic nitrogens is 2. The number of nitrogens with zero attached hydrogens (tertiary/aromatic N) is 3. The first-order chi connectivity index (χ1) is 10.2. The lowest BCUT2D eigenvalue weighted by Gasteiger charge is -2.12. The second-order valence-corrected chi connectivity index (χ2v) is 5.28. The summed E-state index contributed by atoms with van der Waals surface area (Å²) in [5.41, 5.74) is 4.72. The Morgan fingerprint density at radius 3 is 2.81 bits per heavy atom. The van der Waals surface area contributed by atoms with E-state index < -0.39 is 0 Å². The van der Waals surface area contributed by atoms with Crippen LogP contribution in [-0.2, 0) is 6.42 Å². The summed E-state index contributed by atoms with van der Waals surface area (Å²) < 4.78 is 2.11. The van der Waals surface area contributed by atoms with E-state index in [0.717, 1.165) is 28.1 Å². The molecule has 0 fully saturated rings. The van der Waals surface area contributed by atoms with Crippen LogP contribution in [0.1, 0.15) is 17.0 Å². The van der Waals surface area contributed by atoms with Gasteiger partial charge in [-0.1, -0.05) is 18.2 Å². The quantitative estimate of drug-likeness (QED) is 0.686. The van der Waals surface area contributed by atoms with E-state index in [2.05, 4.69) is 15.6 Å². The summed E-state index contributed by atoms with van der Waals surface area (Å²) in [7, 11) is 0. The standard InChI is InChI=1S/C17H14ClN3/c1-12-6-7-13(11-19)10-16(12)21-15-5-3-2-4-14(15)20-17(21)8-9-18/h2-7,10H,8-9H2,1H3. The smallest absolute Gasteiger partial charge is 0.115 e. The summed E-state index contributed by atoms with van der Waals surface area (Å²) in [5.74, 6) is 1.43. The number of rotatable bonds is 3. The number of hydrogen-bond acceptors (Lipinski definition) is 2. The molecule has 4 heteroatoms. The molecule has 1 aromatic heterocycles. The molecular weight excluding hydrogens is 282 g/mol. The fourth-order valence-corrected chi connectivity index (χ4v) is 2.69. The lowest BCUT2D eigenvalue weighted by Crippen LogP contribution is -2.04. The Balaban J connectivity index is 2.33. The van der Waals surface area contributed by atoms with Gasteiger partial charge in [-0.3, -0.25) is 4.57 Å². The zero-order valence-electron chi connectivity index (χ0n) is 11.7. The summed E-state index contributed by atoms with van der Waals surface area (Å²) in [4.78, 5) is 4.67. The molecule has 104 valence electrons. The van der Waals surface area contributed by atoms with E-state index in [1.807, 2.05) is 49.4 Å². The van der Waals surface area contributed by atoms with Gasteiger partial charge in [-0.05, 0) is 36.8 Å². The van der Waals surface area contributed by atoms with Crippen LogP contribution >= 0.6 is 11.6 Å². The number of imidazole rings is 1. The molecule has 0 amide bonds. The maximum absolute atomic E-state index is 9.14. The highest BCUT2D eigenvalue weighted by atomic mass is 35.5. The van der Waals surface area contributed by atoms with E-state index in [0.29, 0.717) is 17.9 Å². The summed E-state index contributed by atoms with van der Waals surface area (Å²) >= 11 is 5.92. The van der Waals surface area contributed by atoms with Crippen molar-refractivity contribution in [3.05, 3.63) is 59.4 Å². The first kappa shape index (κ1) is 13.7. The van der Waals surface area contributed by atoms with Crippen LogP contribution in [0.15, 0.2) is 42.5 Å². The van der Waals surface area contributed by atoms with Gasteiger partial charge in [-0.15, -0.1) is 11.6 Å². The van der Waals surface area contributed by atoms with Gasteiger partial charge in [0.25, 0.3) is 0 Å². The summed E-state index contributed by atoms with van der Waals surface area (Å²) in [6.07, 6.45) is 0.687. The van der Waals surface area contributed by atoms with Crippen LogP contribution in [0.5, 0.6) is 0 Å². The van der Waals surface area contributed by atoms with Gasteiger partial charge in [-0.25, -0.2) is 4.98 Å². The van der Waals surface area contributed by atoms with Crippen molar-refractivity contribution < 1.29 is 0 Å². The fraction of sp³-hybridized carbons (Fsp3) is 0.176. The average Bonchev–Trinajstić information content (AvgIpc) is 2.86. The van der Waals surface area contributed by atoms with Gasteiger partial charge in [-0.2, -0.15) is 5.26 Å². The summed E-state index contributed by atoms with van der Waals surface area (Å²) in [6, 6.07) is 15.9. The minimum atomic E-state index is 0.514. The highest BCUT2D eigenvalue weighted by Gasteiger charge is 2.13. The van der Waals surface area contributed by atoms with Gasteiger partial charge in [0.15, 0.2) is 0 Å². The van der Waals surface area contributed by atoms with Crippen LogP contribution in [-0.4, -0.2) is 15.4 Å². The molecule has 0 radical (unpaired) electrons. The third kappa shape index (κ3) is 2.39.